The van der Waals surface area contributed by atoms with E-state index in [-0.39, 0.29) is 0 Å². The molecular weight excluding hydrogens is 320 g/mol. The zero-order valence-corrected chi connectivity index (χ0v) is 14.8. The zero-order chi connectivity index (χ0) is 17.3. The quantitative estimate of drug-likeness (QED) is 0.571. The maximum absolute atomic E-state index is 4.38. The van der Waals surface area contributed by atoms with E-state index in [2.05, 4.69) is 62.2 Å². The van der Waals surface area contributed by atoms with Crippen molar-refractivity contribution in [2.75, 3.05) is 31.1 Å². The first-order valence-corrected chi connectivity index (χ1v) is 9.32. The Kier molecular flexibility index (Phi) is 3.91. The lowest BCUT2D eigenvalue weighted by Gasteiger charge is -2.35. The molecule has 0 bridgehead atoms. The lowest BCUT2D eigenvalue weighted by atomic mass is 10.0. The smallest absolute Gasteiger partial charge is 0.225 e. The maximum atomic E-state index is 4.38. The summed E-state index contributed by atoms with van der Waals surface area (Å²) in [5.41, 5.74) is 7.29. The maximum Gasteiger partial charge on any atom is 0.225 e. The summed E-state index contributed by atoms with van der Waals surface area (Å²) in [5.74, 6) is 0.850. The Morgan fingerprint density at radius 1 is 0.769 bits per heavy atom. The lowest BCUT2D eigenvalue weighted by Crippen LogP contribution is -2.46. The molecule has 4 nitrogen and oxygen atoms in total. The van der Waals surface area contributed by atoms with Crippen molar-refractivity contribution in [3.05, 3.63) is 77.6 Å². The number of hydrogen-bond donors (Lipinski definition) is 0. The molecule has 1 aromatic heterocycles. The molecule has 2 aliphatic rings. The van der Waals surface area contributed by atoms with Crippen LogP contribution in [0.25, 0.3) is 11.1 Å². The lowest BCUT2D eigenvalue weighted by molar-refractivity contribution is 0.248. The van der Waals surface area contributed by atoms with Crippen LogP contribution in [-0.2, 0) is 13.0 Å². The number of nitrogens with zero attached hydrogens (tertiary/aromatic N) is 4. The van der Waals surface area contributed by atoms with E-state index >= 15 is 0 Å². The van der Waals surface area contributed by atoms with Crippen LogP contribution in [0.1, 0.15) is 16.7 Å². The van der Waals surface area contributed by atoms with Gasteiger partial charge in [0.25, 0.3) is 0 Å². The number of aromatic nitrogens is 2. The molecule has 3 aromatic rings. The second-order valence-corrected chi connectivity index (χ2v) is 7.09. The molecule has 0 atom stereocenters. The summed E-state index contributed by atoms with van der Waals surface area (Å²) in [6.07, 6.45) is 4.71. The Bertz CT molecular complexity index is 914. The van der Waals surface area contributed by atoms with E-state index in [4.69, 9.17) is 0 Å². The van der Waals surface area contributed by atoms with Crippen LogP contribution in [-0.4, -0.2) is 41.0 Å². The van der Waals surface area contributed by atoms with Crippen molar-refractivity contribution < 1.29 is 0 Å². The first-order valence-electron chi connectivity index (χ1n) is 9.32. The van der Waals surface area contributed by atoms with Crippen LogP contribution in [0.3, 0.4) is 0 Å². The first kappa shape index (κ1) is 15.5. The SMILES string of the molecule is c1cnc(N2CCN(Cc3cccc4c3Cc3ccccc3-4)CC2)nc1. The van der Waals surface area contributed by atoms with Gasteiger partial charge in [-0.3, -0.25) is 4.90 Å². The van der Waals surface area contributed by atoms with Crippen LogP contribution in [0.5, 0.6) is 0 Å². The third kappa shape index (κ3) is 2.76. The molecule has 0 unspecified atom stereocenters. The highest BCUT2D eigenvalue weighted by atomic mass is 15.3. The third-order valence-electron chi connectivity index (χ3n) is 5.55. The van der Waals surface area contributed by atoms with Gasteiger partial charge in [-0.2, -0.15) is 0 Å². The van der Waals surface area contributed by atoms with Gasteiger partial charge in [0.05, 0.1) is 0 Å². The summed E-state index contributed by atoms with van der Waals surface area (Å²) in [4.78, 5) is 13.6. The highest BCUT2D eigenvalue weighted by Crippen LogP contribution is 2.38. The van der Waals surface area contributed by atoms with Gasteiger partial charge in [-0.25, -0.2) is 9.97 Å². The normalized spacial score (nSPS) is 16.4. The zero-order valence-electron chi connectivity index (χ0n) is 14.8. The fourth-order valence-corrected chi connectivity index (χ4v) is 4.17. The number of benzene rings is 2. The number of fused-ring (bicyclic) bond motifs is 3. The highest BCUT2D eigenvalue weighted by Gasteiger charge is 2.23. The number of hydrogen-bond acceptors (Lipinski definition) is 4. The summed E-state index contributed by atoms with van der Waals surface area (Å²) in [6.45, 7) is 5.10. The number of anilines is 1. The van der Waals surface area contributed by atoms with E-state index in [1.165, 1.54) is 27.8 Å². The van der Waals surface area contributed by atoms with Gasteiger partial charge in [-0.1, -0.05) is 42.5 Å². The van der Waals surface area contributed by atoms with E-state index in [1.807, 2.05) is 18.5 Å². The molecule has 4 heteroatoms. The van der Waals surface area contributed by atoms with Gasteiger partial charge in [0.15, 0.2) is 0 Å². The molecule has 0 N–H and O–H groups in total. The third-order valence-corrected chi connectivity index (χ3v) is 5.55. The minimum absolute atomic E-state index is 0.850. The van der Waals surface area contributed by atoms with E-state index in [0.29, 0.717) is 0 Å². The molecule has 26 heavy (non-hydrogen) atoms. The first-order chi connectivity index (χ1) is 12.9. The van der Waals surface area contributed by atoms with Crippen molar-refractivity contribution in [1.29, 1.82) is 0 Å². The molecule has 1 saturated heterocycles. The molecule has 130 valence electrons. The van der Waals surface area contributed by atoms with Gasteiger partial charge in [0.1, 0.15) is 0 Å². The molecule has 0 radical (unpaired) electrons. The van der Waals surface area contributed by atoms with Crippen molar-refractivity contribution in [3.63, 3.8) is 0 Å². The molecule has 0 spiro atoms. The van der Waals surface area contributed by atoms with E-state index in [0.717, 1.165) is 45.1 Å². The Labute approximate surface area is 154 Å². The average Bonchev–Trinajstić information content (AvgIpc) is 3.09. The largest absolute Gasteiger partial charge is 0.338 e. The minimum atomic E-state index is 0.850. The highest BCUT2D eigenvalue weighted by molar-refractivity contribution is 5.77. The second kappa shape index (κ2) is 6.54. The van der Waals surface area contributed by atoms with Crippen LogP contribution < -0.4 is 4.90 Å². The van der Waals surface area contributed by atoms with Crippen molar-refractivity contribution in [1.82, 2.24) is 14.9 Å². The fraction of sp³-hybridized carbons (Fsp3) is 0.273. The predicted molar refractivity (Wildman–Crippen MR) is 104 cm³/mol. The van der Waals surface area contributed by atoms with Crippen LogP contribution in [0.15, 0.2) is 60.9 Å². The Morgan fingerprint density at radius 2 is 1.54 bits per heavy atom. The predicted octanol–water partition coefficient (Wildman–Crippen LogP) is 3.37. The molecular formula is C22H22N4. The Balaban J connectivity index is 1.30. The molecule has 1 aliphatic carbocycles. The van der Waals surface area contributed by atoms with Gasteiger partial charge >= 0.3 is 0 Å². The van der Waals surface area contributed by atoms with Crippen molar-refractivity contribution in [2.45, 2.75) is 13.0 Å². The molecule has 2 aromatic carbocycles. The molecule has 1 fully saturated rings. The fourth-order valence-electron chi connectivity index (χ4n) is 4.17. The van der Waals surface area contributed by atoms with E-state index < -0.39 is 0 Å². The van der Waals surface area contributed by atoms with Crippen LogP contribution in [0.4, 0.5) is 5.95 Å². The van der Waals surface area contributed by atoms with Gasteiger partial charge < -0.3 is 4.90 Å². The number of piperazine rings is 1. The van der Waals surface area contributed by atoms with Crippen molar-refractivity contribution >= 4 is 5.95 Å². The average molecular weight is 342 g/mol. The Hall–Kier alpha value is -2.72. The van der Waals surface area contributed by atoms with Gasteiger partial charge in [0, 0.05) is 45.1 Å². The molecule has 2 heterocycles. The molecule has 0 saturated carbocycles. The Morgan fingerprint density at radius 3 is 2.38 bits per heavy atom. The topological polar surface area (TPSA) is 32.3 Å². The van der Waals surface area contributed by atoms with Crippen molar-refractivity contribution in [2.24, 2.45) is 0 Å². The van der Waals surface area contributed by atoms with Gasteiger partial charge in [-0.15, -0.1) is 0 Å². The van der Waals surface area contributed by atoms with Crippen LogP contribution in [0.2, 0.25) is 0 Å². The van der Waals surface area contributed by atoms with Crippen LogP contribution >= 0.6 is 0 Å². The summed E-state index contributed by atoms with van der Waals surface area (Å²) in [7, 11) is 0. The standard InChI is InChI=1S/C22H22N4/c1-2-7-19-17(5-1)15-21-18(6-3-8-20(19)21)16-25-11-13-26(14-12-25)22-23-9-4-10-24-22/h1-10H,11-16H2. The van der Waals surface area contributed by atoms with E-state index in [1.54, 1.807) is 0 Å². The van der Waals surface area contributed by atoms with Crippen molar-refractivity contribution in [3.8, 4) is 11.1 Å². The minimum Gasteiger partial charge on any atom is -0.338 e. The molecule has 0 amide bonds. The summed E-state index contributed by atoms with van der Waals surface area (Å²) in [5, 5.41) is 0. The van der Waals surface area contributed by atoms with E-state index in [9.17, 15) is 0 Å². The number of rotatable bonds is 3. The monoisotopic (exact) mass is 342 g/mol. The molecule has 5 rings (SSSR count). The summed E-state index contributed by atoms with van der Waals surface area (Å²) in [6, 6.07) is 17.5. The van der Waals surface area contributed by atoms with Crippen LogP contribution in [0, 0.1) is 0 Å². The van der Waals surface area contributed by atoms with Gasteiger partial charge in [0.2, 0.25) is 5.95 Å². The molecule has 1 aliphatic heterocycles. The summed E-state index contributed by atoms with van der Waals surface area (Å²) >= 11 is 0. The van der Waals surface area contributed by atoms with Gasteiger partial charge in [-0.05, 0) is 40.3 Å². The second-order valence-electron chi connectivity index (χ2n) is 7.09. The summed E-state index contributed by atoms with van der Waals surface area (Å²) < 4.78 is 0.